The van der Waals surface area contributed by atoms with Crippen LogP contribution in [0.5, 0.6) is 0 Å². The second-order valence-corrected chi connectivity index (χ2v) is 5.01. The second-order valence-electron chi connectivity index (χ2n) is 5.01. The van der Waals surface area contributed by atoms with Crippen LogP contribution in [-0.2, 0) is 0 Å². The fourth-order valence-corrected chi connectivity index (χ4v) is 2.57. The first kappa shape index (κ1) is 12.3. The number of rotatable bonds is 2. The van der Waals surface area contributed by atoms with E-state index in [4.69, 9.17) is 4.52 Å². The molecule has 0 saturated heterocycles. The maximum atomic E-state index is 10.1. The van der Waals surface area contributed by atoms with Gasteiger partial charge in [-0.1, -0.05) is 24.4 Å². The van der Waals surface area contributed by atoms with Crippen LogP contribution in [0.25, 0.3) is 11.4 Å². The van der Waals surface area contributed by atoms with Crippen molar-refractivity contribution in [3.8, 4) is 11.4 Å². The van der Waals surface area contributed by atoms with Gasteiger partial charge < -0.3 is 9.63 Å². The van der Waals surface area contributed by atoms with Crippen LogP contribution >= 0.6 is 0 Å². The molecule has 1 fully saturated rings. The van der Waals surface area contributed by atoms with E-state index in [0.29, 0.717) is 11.7 Å². The molecule has 2 atom stereocenters. The SMILES string of the molecule is OC1CCCCCC1c1nc(-c2cccnc2)no1. The first-order chi connectivity index (χ1) is 9.34. The Morgan fingerprint density at radius 2 is 2.11 bits per heavy atom. The molecule has 0 amide bonds. The molecule has 1 saturated carbocycles. The van der Waals surface area contributed by atoms with Crippen LogP contribution in [0.15, 0.2) is 29.0 Å². The summed E-state index contributed by atoms with van der Waals surface area (Å²) in [5, 5.41) is 14.1. The molecule has 0 aliphatic heterocycles. The highest BCUT2D eigenvalue weighted by Gasteiger charge is 2.28. The van der Waals surface area contributed by atoms with Crippen molar-refractivity contribution in [3.63, 3.8) is 0 Å². The lowest BCUT2D eigenvalue weighted by Gasteiger charge is -2.15. The van der Waals surface area contributed by atoms with Gasteiger partial charge in [0.05, 0.1) is 12.0 Å². The van der Waals surface area contributed by atoms with Gasteiger partial charge in [0, 0.05) is 18.0 Å². The molecule has 0 aromatic carbocycles. The summed E-state index contributed by atoms with van der Waals surface area (Å²) in [6, 6.07) is 3.73. The molecule has 2 unspecified atom stereocenters. The van der Waals surface area contributed by atoms with Crippen LogP contribution in [-0.4, -0.2) is 26.3 Å². The molecule has 1 aliphatic rings. The maximum absolute atomic E-state index is 10.1. The average molecular weight is 259 g/mol. The molecule has 100 valence electrons. The van der Waals surface area contributed by atoms with E-state index < -0.39 is 0 Å². The van der Waals surface area contributed by atoms with Crippen LogP contribution in [0.1, 0.15) is 43.9 Å². The van der Waals surface area contributed by atoms with E-state index in [2.05, 4.69) is 15.1 Å². The number of hydrogen-bond acceptors (Lipinski definition) is 5. The van der Waals surface area contributed by atoms with E-state index in [0.717, 1.165) is 37.7 Å². The molecule has 2 aromatic heterocycles. The van der Waals surface area contributed by atoms with Gasteiger partial charge in [-0.3, -0.25) is 4.98 Å². The molecule has 0 radical (unpaired) electrons. The van der Waals surface area contributed by atoms with Gasteiger partial charge in [-0.15, -0.1) is 0 Å². The summed E-state index contributed by atoms with van der Waals surface area (Å²) in [5.74, 6) is 1.06. The van der Waals surface area contributed by atoms with Gasteiger partial charge >= 0.3 is 0 Å². The minimum Gasteiger partial charge on any atom is -0.392 e. The van der Waals surface area contributed by atoms with Gasteiger partial charge in [-0.25, -0.2) is 0 Å². The fourth-order valence-electron chi connectivity index (χ4n) is 2.57. The Bertz CT molecular complexity index is 526. The number of hydrogen-bond donors (Lipinski definition) is 1. The van der Waals surface area contributed by atoms with Crippen LogP contribution in [0, 0.1) is 0 Å². The van der Waals surface area contributed by atoms with E-state index in [-0.39, 0.29) is 12.0 Å². The minimum absolute atomic E-state index is 0.0274. The summed E-state index contributed by atoms with van der Waals surface area (Å²) < 4.78 is 5.34. The van der Waals surface area contributed by atoms with Gasteiger partial charge in [-0.05, 0) is 25.0 Å². The minimum atomic E-state index is -0.371. The van der Waals surface area contributed by atoms with Gasteiger partial charge in [0.15, 0.2) is 0 Å². The van der Waals surface area contributed by atoms with Crippen molar-refractivity contribution >= 4 is 0 Å². The Morgan fingerprint density at radius 3 is 2.95 bits per heavy atom. The smallest absolute Gasteiger partial charge is 0.232 e. The molecule has 0 bridgehead atoms. The van der Waals surface area contributed by atoms with E-state index in [1.807, 2.05) is 12.1 Å². The lowest BCUT2D eigenvalue weighted by atomic mass is 9.97. The number of nitrogens with zero attached hydrogens (tertiary/aromatic N) is 3. The summed E-state index contributed by atoms with van der Waals surface area (Å²) >= 11 is 0. The van der Waals surface area contributed by atoms with Crippen molar-refractivity contribution in [2.45, 2.75) is 44.1 Å². The van der Waals surface area contributed by atoms with E-state index in [1.54, 1.807) is 12.4 Å². The summed E-state index contributed by atoms with van der Waals surface area (Å²) in [6.45, 7) is 0. The Hall–Kier alpha value is -1.75. The predicted molar refractivity (Wildman–Crippen MR) is 69.4 cm³/mol. The Morgan fingerprint density at radius 1 is 1.21 bits per heavy atom. The highest BCUT2D eigenvalue weighted by molar-refractivity contribution is 5.51. The molecule has 1 N–H and O–H groups in total. The molecular weight excluding hydrogens is 242 g/mol. The van der Waals surface area contributed by atoms with Gasteiger partial charge in [0.25, 0.3) is 0 Å². The van der Waals surface area contributed by atoms with Crippen LogP contribution in [0.3, 0.4) is 0 Å². The van der Waals surface area contributed by atoms with E-state index >= 15 is 0 Å². The van der Waals surface area contributed by atoms with Crippen molar-refractivity contribution in [2.24, 2.45) is 0 Å². The molecule has 2 heterocycles. The van der Waals surface area contributed by atoms with Gasteiger partial charge in [-0.2, -0.15) is 4.98 Å². The number of pyridine rings is 1. The van der Waals surface area contributed by atoms with Crippen molar-refractivity contribution in [1.29, 1.82) is 0 Å². The lowest BCUT2D eigenvalue weighted by molar-refractivity contribution is 0.119. The third-order valence-electron chi connectivity index (χ3n) is 3.66. The number of aliphatic hydroxyl groups excluding tert-OH is 1. The molecule has 5 nitrogen and oxygen atoms in total. The molecule has 5 heteroatoms. The highest BCUT2D eigenvalue weighted by atomic mass is 16.5. The third kappa shape index (κ3) is 2.66. The Balaban J connectivity index is 1.84. The van der Waals surface area contributed by atoms with E-state index in [1.165, 1.54) is 0 Å². The zero-order valence-electron chi connectivity index (χ0n) is 10.7. The fraction of sp³-hybridized carbons (Fsp3) is 0.500. The molecule has 3 rings (SSSR count). The summed E-state index contributed by atoms with van der Waals surface area (Å²) in [6.07, 6.45) is 8.11. The largest absolute Gasteiger partial charge is 0.392 e. The topological polar surface area (TPSA) is 72.0 Å². The standard InChI is InChI=1S/C14H17N3O2/c18-12-7-3-1-2-6-11(12)14-16-13(17-19-14)10-5-4-8-15-9-10/h4-5,8-9,11-12,18H,1-3,6-7H2. The second kappa shape index (κ2) is 5.48. The van der Waals surface area contributed by atoms with Crippen molar-refractivity contribution < 1.29 is 9.63 Å². The predicted octanol–water partition coefficient (Wildman–Crippen LogP) is 2.54. The van der Waals surface area contributed by atoms with E-state index in [9.17, 15) is 5.11 Å². The van der Waals surface area contributed by atoms with Crippen molar-refractivity contribution in [2.75, 3.05) is 0 Å². The first-order valence-corrected chi connectivity index (χ1v) is 6.76. The average Bonchev–Trinajstić information content (AvgIpc) is 2.83. The Labute approximate surface area is 111 Å². The van der Waals surface area contributed by atoms with Crippen LogP contribution in [0.2, 0.25) is 0 Å². The first-order valence-electron chi connectivity index (χ1n) is 6.76. The van der Waals surface area contributed by atoms with Crippen molar-refractivity contribution in [1.82, 2.24) is 15.1 Å². The van der Waals surface area contributed by atoms with Gasteiger partial charge in [0.1, 0.15) is 0 Å². The molecule has 0 spiro atoms. The quantitative estimate of drug-likeness (QED) is 0.839. The third-order valence-corrected chi connectivity index (χ3v) is 3.66. The zero-order chi connectivity index (χ0) is 13.1. The summed E-state index contributed by atoms with van der Waals surface area (Å²) in [7, 11) is 0. The number of aromatic nitrogens is 3. The molecule has 2 aromatic rings. The highest BCUT2D eigenvalue weighted by Crippen LogP contribution is 2.31. The summed E-state index contributed by atoms with van der Waals surface area (Å²) in [4.78, 5) is 8.46. The molecule has 19 heavy (non-hydrogen) atoms. The maximum Gasteiger partial charge on any atom is 0.232 e. The molecule has 1 aliphatic carbocycles. The van der Waals surface area contributed by atoms with Crippen LogP contribution < -0.4 is 0 Å². The Kier molecular flexibility index (Phi) is 3.55. The zero-order valence-corrected chi connectivity index (χ0v) is 10.7. The number of aliphatic hydroxyl groups is 1. The summed E-state index contributed by atoms with van der Waals surface area (Å²) in [5.41, 5.74) is 0.834. The van der Waals surface area contributed by atoms with Crippen LogP contribution in [0.4, 0.5) is 0 Å². The molecular formula is C14H17N3O2. The lowest BCUT2D eigenvalue weighted by Crippen LogP contribution is -2.17. The van der Waals surface area contributed by atoms with Crippen molar-refractivity contribution in [3.05, 3.63) is 30.4 Å². The normalized spacial score (nSPS) is 24.1. The van der Waals surface area contributed by atoms with Gasteiger partial charge in [0.2, 0.25) is 11.7 Å². The monoisotopic (exact) mass is 259 g/mol.